The van der Waals surface area contributed by atoms with Crippen LogP contribution in [0.2, 0.25) is 0 Å². The van der Waals surface area contributed by atoms with Gasteiger partial charge in [0.05, 0.1) is 5.56 Å². The van der Waals surface area contributed by atoms with Gasteiger partial charge in [-0.05, 0) is 106 Å². The predicted molar refractivity (Wildman–Crippen MR) is 126 cm³/mol. The van der Waals surface area contributed by atoms with Crippen molar-refractivity contribution < 1.29 is 9.53 Å². The minimum atomic E-state index is -0.153. The summed E-state index contributed by atoms with van der Waals surface area (Å²) in [6.07, 6.45) is 14.8. The van der Waals surface area contributed by atoms with E-state index in [1.54, 1.807) is 11.1 Å². The number of rotatable bonds is 2. The summed E-state index contributed by atoms with van der Waals surface area (Å²) >= 11 is 0. The molecule has 5 rings (SSSR count). The van der Waals surface area contributed by atoms with Gasteiger partial charge in [0.15, 0.2) is 0 Å². The molecule has 0 bridgehead atoms. The first-order valence-corrected chi connectivity index (χ1v) is 12.5. The van der Waals surface area contributed by atoms with Crippen LogP contribution < -0.4 is 0 Å². The maximum absolute atomic E-state index is 12.7. The molecular formula is C29H38O2. The summed E-state index contributed by atoms with van der Waals surface area (Å²) in [5, 5.41) is 0. The highest BCUT2D eigenvalue weighted by molar-refractivity contribution is 5.89. The number of carbonyl (C=O) groups excluding carboxylic acids is 1. The van der Waals surface area contributed by atoms with Crippen molar-refractivity contribution in [2.75, 3.05) is 0 Å². The number of carbonyl (C=O) groups is 1. The smallest absolute Gasteiger partial charge is 0.338 e. The molecular weight excluding hydrogens is 380 g/mol. The van der Waals surface area contributed by atoms with E-state index in [2.05, 4.69) is 32.9 Å². The first-order valence-electron chi connectivity index (χ1n) is 12.5. The molecule has 0 radical (unpaired) electrons. The van der Waals surface area contributed by atoms with E-state index in [1.807, 2.05) is 31.2 Å². The third-order valence-electron chi connectivity index (χ3n) is 9.74. The summed E-state index contributed by atoms with van der Waals surface area (Å²) in [4.78, 5) is 12.7. The Labute approximate surface area is 188 Å². The minimum absolute atomic E-state index is 0.0685. The molecule has 1 aromatic rings. The second kappa shape index (κ2) is 7.64. The lowest BCUT2D eigenvalue weighted by Gasteiger charge is -2.56. The molecule has 0 N–H and O–H groups in total. The van der Waals surface area contributed by atoms with Crippen LogP contribution in [0.25, 0.3) is 0 Å². The van der Waals surface area contributed by atoms with Crippen molar-refractivity contribution in [3.63, 3.8) is 0 Å². The molecule has 31 heavy (non-hydrogen) atoms. The summed E-state index contributed by atoms with van der Waals surface area (Å²) in [5.74, 6) is 2.09. The lowest BCUT2D eigenvalue weighted by molar-refractivity contribution is -0.0259. The Hall–Kier alpha value is -1.83. The van der Waals surface area contributed by atoms with Crippen molar-refractivity contribution in [2.45, 2.75) is 85.2 Å². The molecule has 0 spiro atoms. The van der Waals surface area contributed by atoms with E-state index < -0.39 is 0 Å². The molecule has 0 unspecified atom stereocenters. The fourth-order valence-electron chi connectivity index (χ4n) is 7.83. The van der Waals surface area contributed by atoms with Crippen LogP contribution in [0.4, 0.5) is 0 Å². The van der Waals surface area contributed by atoms with Crippen LogP contribution in [-0.2, 0) is 4.74 Å². The summed E-state index contributed by atoms with van der Waals surface area (Å²) in [6.45, 7) is 9.34. The van der Waals surface area contributed by atoms with Gasteiger partial charge in [-0.3, -0.25) is 0 Å². The summed E-state index contributed by atoms with van der Waals surface area (Å²) in [7, 11) is 0. The lowest BCUT2D eigenvalue weighted by atomic mass is 9.49. The molecule has 3 fully saturated rings. The van der Waals surface area contributed by atoms with E-state index in [9.17, 15) is 4.79 Å². The van der Waals surface area contributed by atoms with Gasteiger partial charge in [0.1, 0.15) is 6.10 Å². The standard InChI is InChI=1S/C29H38O2/c1-5-21-11-13-25-24-12-10-22-18-23(31-27(30)20-8-6-19(2)7-9-20)14-16-29(22,4)26(24)15-17-28(21,25)3/h5-9,15,22-25H,10-14,16-18H2,1-4H3/b21-5-/t22-,23+,24-,25-,28+,29-/m0/s1. The highest BCUT2D eigenvalue weighted by Gasteiger charge is 2.55. The predicted octanol–water partition coefficient (Wildman–Crippen LogP) is 7.43. The van der Waals surface area contributed by atoms with E-state index in [4.69, 9.17) is 4.74 Å². The Balaban J connectivity index is 1.31. The molecule has 2 heteroatoms. The van der Waals surface area contributed by atoms with Crippen LogP contribution in [-0.4, -0.2) is 12.1 Å². The van der Waals surface area contributed by atoms with Gasteiger partial charge < -0.3 is 4.74 Å². The Kier molecular flexibility index (Phi) is 5.19. The van der Waals surface area contributed by atoms with E-state index in [0.29, 0.717) is 22.3 Å². The number of ether oxygens (including phenoxy) is 1. The van der Waals surface area contributed by atoms with Crippen LogP contribution in [0.1, 0.15) is 88.1 Å². The number of hydrogen-bond donors (Lipinski definition) is 0. The topological polar surface area (TPSA) is 26.3 Å². The molecule has 4 aliphatic rings. The fourth-order valence-corrected chi connectivity index (χ4v) is 7.83. The van der Waals surface area contributed by atoms with Gasteiger partial charge in [-0.2, -0.15) is 0 Å². The molecule has 0 heterocycles. The van der Waals surface area contributed by atoms with E-state index in [1.165, 1.54) is 37.7 Å². The first-order chi connectivity index (χ1) is 14.8. The van der Waals surface area contributed by atoms with Crippen molar-refractivity contribution in [3.8, 4) is 0 Å². The van der Waals surface area contributed by atoms with Gasteiger partial charge in [-0.15, -0.1) is 0 Å². The number of benzene rings is 1. The number of hydrogen-bond acceptors (Lipinski definition) is 2. The number of allylic oxidation sites excluding steroid dienone is 4. The van der Waals surface area contributed by atoms with Gasteiger partial charge in [-0.25, -0.2) is 4.79 Å². The van der Waals surface area contributed by atoms with Gasteiger partial charge in [0.2, 0.25) is 0 Å². The highest BCUT2D eigenvalue weighted by atomic mass is 16.5. The Morgan fingerprint density at radius 2 is 1.84 bits per heavy atom. The summed E-state index contributed by atoms with van der Waals surface area (Å²) < 4.78 is 6.00. The largest absolute Gasteiger partial charge is 0.459 e. The quantitative estimate of drug-likeness (QED) is 0.369. The summed E-state index contributed by atoms with van der Waals surface area (Å²) in [5.41, 5.74) is 6.02. The van der Waals surface area contributed by atoms with Crippen LogP contribution in [0.3, 0.4) is 0 Å². The van der Waals surface area contributed by atoms with Gasteiger partial charge in [0.25, 0.3) is 0 Å². The third kappa shape index (κ3) is 3.33. The molecule has 6 atom stereocenters. The number of aryl methyl sites for hydroxylation is 1. The normalized spacial score (nSPS) is 40.5. The molecule has 4 aliphatic carbocycles. The molecule has 0 amide bonds. The molecule has 0 aliphatic heterocycles. The highest BCUT2D eigenvalue weighted by Crippen LogP contribution is 2.65. The molecule has 3 saturated carbocycles. The van der Waals surface area contributed by atoms with Crippen LogP contribution in [0, 0.1) is 35.5 Å². The molecule has 2 nitrogen and oxygen atoms in total. The van der Waals surface area contributed by atoms with Crippen LogP contribution in [0.5, 0.6) is 0 Å². The van der Waals surface area contributed by atoms with Crippen molar-refractivity contribution in [2.24, 2.45) is 28.6 Å². The van der Waals surface area contributed by atoms with Crippen molar-refractivity contribution in [3.05, 3.63) is 58.7 Å². The average Bonchev–Trinajstić information content (AvgIpc) is 3.10. The number of fused-ring (bicyclic) bond motifs is 5. The van der Waals surface area contributed by atoms with Crippen molar-refractivity contribution in [1.82, 2.24) is 0 Å². The second-order valence-electron chi connectivity index (χ2n) is 11.2. The second-order valence-corrected chi connectivity index (χ2v) is 11.2. The average molecular weight is 419 g/mol. The SMILES string of the molecule is C/C=C1/CC[C@H]2[C@@H]3CC[C@H]4C[C@H](OC(=O)c5ccc(C)cc5)CC[C@]4(C)C3=CC[C@]12C. The van der Waals surface area contributed by atoms with Crippen LogP contribution in [0.15, 0.2) is 47.6 Å². The molecule has 0 aromatic heterocycles. The van der Waals surface area contributed by atoms with Crippen molar-refractivity contribution >= 4 is 5.97 Å². The zero-order chi connectivity index (χ0) is 21.8. The Morgan fingerprint density at radius 1 is 1.06 bits per heavy atom. The summed E-state index contributed by atoms with van der Waals surface area (Å²) in [6, 6.07) is 7.75. The minimum Gasteiger partial charge on any atom is -0.459 e. The zero-order valence-corrected chi connectivity index (χ0v) is 19.7. The van der Waals surface area contributed by atoms with Gasteiger partial charge >= 0.3 is 5.97 Å². The van der Waals surface area contributed by atoms with Gasteiger partial charge in [0, 0.05) is 0 Å². The molecule has 1 aromatic carbocycles. The van der Waals surface area contributed by atoms with Crippen LogP contribution >= 0.6 is 0 Å². The molecule has 0 saturated heterocycles. The lowest BCUT2D eigenvalue weighted by Crippen LogP contribution is -2.48. The van der Waals surface area contributed by atoms with E-state index in [-0.39, 0.29) is 12.1 Å². The molecule has 166 valence electrons. The fraction of sp³-hybridized carbons (Fsp3) is 0.621. The van der Waals surface area contributed by atoms with E-state index in [0.717, 1.165) is 31.1 Å². The maximum Gasteiger partial charge on any atom is 0.338 e. The van der Waals surface area contributed by atoms with Crippen molar-refractivity contribution in [1.29, 1.82) is 0 Å². The Bertz CT molecular complexity index is 923. The monoisotopic (exact) mass is 418 g/mol. The van der Waals surface area contributed by atoms with E-state index >= 15 is 0 Å². The maximum atomic E-state index is 12.7. The number of esters is 1. The third-order valence-corrected chi connectivity index (χ3v) is 9.74. The first kappa shape index (κ1) is 21.0. The van der Waals surface area contributed by atoms with Gasteiger partial charge in [-0.1, -0.05) is 54.8 Å². The Morgan fingerprint density at radius 3 is 2.58 bits per heavy atom. The zero-order valence-electron chi connectivity index (χ0n) is 19.7.